The molecule has 20 heavy (non-hydrogen) atoms. The third-order valence-electron chi connectivity index (χ3n) is 3.25. The van der Waals surface area contributed by atoms with E-state index in [9.17, 15) is 14.9 Å². The van der Waals surface area contributed by atoms with E-state index in [0.29, 0.717) is 5.56 Å². The number of unbranched alkanes of at least 4 members (excludes halogenated alkanes) is 1. The topological polar surface area (TPSA) is 72.2 Å². The first-order valence-corrected chi connectivity index (χ1v) is 7.05. The van der Waals surface area contributed by atoms with Crippen LogP contribution < -0.4 is 5.32 Å². The van der Waals surface area contributed by atoms with Crippen molar-refractivity contribution in [3.8, 4) is 0 Å². The molecule has 0 aliphatic carbocycles. The number of non-ortho nitro benzene ring substituents is 1. The molecule has 110 valence electrons. The molecule has 0 aliphatic rings. The van der Waals surface area contributed by atoms with Gasteiger partial charge in [-0.3, -0.25) is 14.9 Å². The number of rotatable bonds is 9. The van der Waals surface area contributed by atoms with Gasteiger partial charge >= 0.3 is 0 Å². The van der Waals surface area contributed by atoms with E-state index in [2.05, 4.69) is 12.2 Å². The van der Waals surface area contributed by atoms with Crippen LogP contribution in [0, 0.1) is 16.0 Å². The molecule has 1 atom stereocenters. The highest BCUT2D eigenvalue weighted by Gasteiger charge is 2.17. The molecule has 5 nitrogen and oxygen atoms in total. The van der Waals surface area contributed by atoms with Crippen LogP contribution in [0.25, 0.3) is 0 Å². The number of nitrogens with one attached hydrogen (secondary N) is 1. The Bertz CT molecular complexity index is 460. The zero-order valence-electron chi connectivity index (χ0n) is 12.1. The number of hydrogen-bond acceptors (Lipinski definition) is 4. The molecule has 0 radical (unpaired) electrons. The molecule has 1 N–H and O–H groups in total. The minimum atomic E-state index is -0.478. The number of nitrogens with zero attached hydrogens (tertiary/aromatic N) is 1. The average Bonchev–Trinajstić information content (AvgIpc) is 2.46. The van der Waals surface area contributed by atoms with E-state index in [0.717, 1.165) is 32.4 Å². The number of carbonyl (C=O) groups is 1. The van der Waals surface area contributed by atoms with Gasteiger partial charge in [0.05, 0.1) is 4.92 Å². The van der Waals surface area contributed by atoms with Crippen LogP contribution in [-0.4, -0.2) is 23.8 Å². The maximum absolute atomic E-state index is 12.2. The van der Waals surface area contributed by atoms with Gasteiger partial charge in [0, 0.05) is 23.6 Å². The Hall–Kier alpha value is -1.75. The number of nitro groups is 1. The van der Waals surface area contributed by atoms with Crippen LogP contribution in [0.5, 0.6) is 0 Å². The second-order valence-electron chi connectivity index (χ2n) is 4.96. The van der Waals surface area contributed by atoms with Gasteiger partial charge in [-0.2, -0.15) is 0 Å². The summed E-state index contributed by atoms with van der Waals surface area (Å²) in [5, 5.41) is 14.0. The maximum Gasteiger partial charge on any atom is 0.270 e. The summed E-state index contributed by atoms with van der Waals surface area (Å²) < 4.78 is 0. The molecule has 0 spiro atoms. The third-order valence-corrected chi connectivity index (χ3v) is 3.25. The minimum absolute atomic E-state index is 0.0361. The Balaban J connectivity index is 2.52. The van der Waals surface area contributed by atoms with Crippen molar-refractivity contribution >= 4 is 11.5 Å². The highest BCUT2D eigenvalue weighted by molar-refractivity contribution is 5.98. The van der Waals surface area contributed by atoms with Gasteiger partial charge in [-0.15, -0.1) is 0 Å². The van der Waals surface area contributed by atoms with E-state index in [1.54, 1.807) is 12.1 Å². The molecule has 1 aromatic rings. The van der Waals surface area contributed by atoms with Crippen LogP contribution in [-0.2, 0) is 0 Å². The van der Waals surface area contributed by atoms with Crippen molar-refractivity contribution in [1.82, 2.24) is 5.32 Å². The van der Waals surface area contributed by atoms with Gasteiger partial charge in [-0.05, 0) is 25.9 Å². The molecule has 0 saturated carbocycles. The standard InChI is InChI=1S/C15H22N2O3/c1-3-4-9-16-10-8-12(2)15(18)13-6-5-7-14(11-13)17(19)20/h5-7,11-12,16H,3-4,8-10H2,1-2H3. The van der Waals surface area contributed by atoms with Gasteiger partial charge < -0.3 is 5.32 Å². The SMILES string of the molecule is CCCCNCCC(C)C(=O)c1cccc([N+](=O)[O-])c1. The number of nitro benzene ring substituents is 1. The summed E-state index contributed by atoms with van der Waals surface area (Å²) in [6.45, 7) is 5.76. The third kappa shape index (κ3) is 5.09. The van der Waals surface area contributed by atoms with Crippen LogP contribution in [0.15, 0.2) is 24.3 Å². The van der Waals surface area contributed by atoms with Crippen LogP contribution in [0.1, 0.15) is 43.5 Å². The molecule has 1 unspecified atom stereocenters. The van der Waals surface area contributed by atoms with Gasteiger partial charge in [-0.1, -0.05) is 32.4 Å². The van der Waals surface area contributed by atoms with Crippen molar-refractivity contribution < 1.29 is 9.72 Å². The van der Waals surface area contributed by atoms with Crippen LogP contribution in [0.4, 0.5) is 5.69 Å². The van der Waals surface area contributed by atoms with E-state index in [-0.39, 0.29) is 17.4 Å². The number of benzene rings is 1. The van der Waals surface area contributed by atoms with Gasteiger partial charge in [-0.25, -0.2) is 0 Å². The molecule has 0 amide bonds. The summed E-state index contributed by atoms with van der Waals surface area (Å²) in [5.74, 6) is -0.169. The lowest BCUT2D eigenvalue weighted by molar-refractivity contribution is -0.384. The molecule has 0 aromatic heterocycles. The summed E-state index contributed by atoms with van der Waals surface area (Å²) in [6.07, 6.45) is 3.02. The first-order valence-electron chi connectivity index (χ1n) is 7.05. The van der Waals surface area contributed by atoms with Gasteiger partial charge in [0.2, 0.25) is 0 Å². The fraction of sp³-hybridized carbons (Fsp3) is 0.533. The molecule has 0 heterocycles. The lowest BCUT2D eigenvalue weighted by Crippen LogP contribution is -2.21. The van der Waals surface area contributed by atoms with Crippen LogP contribution in [0.3, 0.4) is 0 Å². The summed E-state index contributed by atoms with van der Waals surface area (Å²) in [6, 6.07) is 5.94. The number of carbonyl (C=O) groups excluding carboxylic acids is 1. The Labute approximate surface area is 119 Å². The normalized spacial score (nSPS) is 12.1. The molecule has 5 heteroatoms. The van der Waals surface area contributed by atoms with E-state index < -0.39 is 4.92 Å². The lowest BCUT2D eigenvalue weighted by Gasteiger charge is -2.11. The molecule has 0 saturated heterocycles. The number of hydrogen-bond donors (Lipinski definition) is 1. The molecule has 0 aliphatic heterocycles. The molecule has 0 bridgehead atoms. The van der Waals surface area contributed by atoms with Crippen molar-refractivity contribution in [2.45, 2.75) is 33.1 Å². The molecular weight excluding hydrogens is 256 g/mol. The summed E-state index contributed by atoms with van der Waals surface area (Å²) in [7, 11) is 0. The largest absolute Gasteiger partial charge is 0.317 e. The van der Waals surface area contributed by atoms with Gasteiger partial charge in [0.25, 0.3) is 5.69 Å². The summed E-state index contributed by atoms with van der Waals surface area (Å²) in [5.41, 5.74) is 0.379. The molecule has 1 aromatic carbocycles. The second-order valence-corrected chi connectivity index (χ2v) is 4.96. The fourth-order valence-corrected chi connectivity index (χ4v) is 1.93. The molecular formula is C15H22N2O3. The predicted octanol–water partition coefficient (Wildman–Crippen LogP) is 3.19. The zero-order chi connectivity index (χ0) is 15.0. The van der Waals surface area contributed by atoms with Crippen molar-refractivity contribution in [3.63, 3.8) is 0 Å². The first kappa shape index (κ1) is 16.3. The predicted molar refractivity (Wildman–Crippen MR) is 79.0 cm³/mol. The highest BCUT2D eigenvalue weighted by atomic mass is 16.6. The van der Waals surface area contributed by atoms with E-state index in [1.807, 2.05) is 6.92 Å². The number of Topliss-reactive ketones (excluding diaryl/α,β-unsaturated/α-hetero) is 1. The van der Waals surface area contributed by atoms with Crippen molar-refractivity contribution in [1.29, 1.82) is 0 Å². The lowest BCUT2D eigenvalue weighted by atomic mass is 9.96. The second kappa shape index (κ2) is 8.43. The summed E-state index contributed by atoms with van der Waals surface area (Å²) >= 11 is 0. The fourth-order valence-electron chi connectivity index (χ4n) is 1.93. The van der Waals surface area contributed by atoms with Crippen LogP contribution >= 0.6 is 0 Å². The zero-order valence-corrected chi connectivity index (χ0v) is 12.1. The highest BCUT2D eigenvalue weighted by Crippen LogP contribution is 2.17. The average molecular weight is 278 g/mol. The van der Waals surface area contributed by atoms with Crippen LogP contribution in [0.2, 0.25) is 0 Å². The van der Waals surface area contributed by atoms with Gasteiger partial charge in [0.1, 0.15) is 0 Å². The Morgan fingerprint density at radius 1 is 1.40 bits per heavy atom. The molecule has 1 rings (SSSR count). The number of ketones is 1. The van der Waals surface area contributed by atoms with Gasteiger partial charge in [0.15, 0.2) is 5.78 Å². The van der Waals surface area contributed by atoms with E-state index >= 15 is 0 Å². The van der Waals surface area contributed by atoms with Crippen molar-refractivity contribution in [3.05, 3.63) is 39.9 Å². The van der Waals surface area contributed by atoms with E-state index in [4.69, 9.17) is 0 Å². The minimum Gasteiger partial charge on any atom is -0.317 e. The molecule has 0 fully saturated rings. The smallest absolute Gasteiger partial charge is 0.270 e. The summed E-state index contributed by atoms with van der Waals surface area (Å²) in [4.78, 5) is 22.4. The van der Waals surface area contributed by atoms with E-state index in [1.165, 1.54) is 12.1 Å². The Morgan fingerprint density at radius 2 is 2.15 bits per heavy atom. The monoisotopic (exact) mass is 278 g/mol. The maximum atomic E-state index is 12.2. The van der Waals surface area contributed by atoms with Crippen molar-refractivity contribution in [2.24, 2.45) is 5.92 Å². The Kier molecular flexibility index (Phi) is 6.87. The first-order chi connectivity index (χ1) is 9.56. The Morgan fingerprint density at radius 3 is 2.80 bits per heavy atom. The van der Waals surface area contributed by atoms with Crippen molar-refractivity contribution in [2.75, 3.05) is 13.1 Å². The quantitative estimate of drug-likeness (QED) is 0.326.